The van der Waals surface area contributed by atoms with Gasteiger partial charge in [0.05, 0.1) is 32.6 Å². The summed E-state index contributed by atoms with van der Waals surface area (Å²) in [6, 6.07) is 15.0. The van der Waals surface area contributed by atoms with Crippen LogP contribution in [0.3, 0.4) is 0 Å². The number of hydrogen-bond donors (Lipinski definition) is 0. The number of aromatic nitrogens is 2. The van der Waals surface area contributed by atoms with Crippen molar-refractivity contribution in [3.8, 4) is 28.4 Å². The van der Waals surface area contributed by atoms with Crippen molar-refractivity contribution in [1.82, 2.24) is 14.8 Å². The molecule has 0 aliphatic rings. The zero-order valence-electron chi connectivity index (χ0n) is 15.7. The van der Waals surface area contributed by atoms with E-state index < -0.39 is 0 Å². The van der Waals surface area contributed by atoms with Crippen molar-refractivity contribution in [3.05, 3.63) is 60.3 Å². The minimum Gasteiger partial charge on any atom is -0.493 e. The first-order chi connectivity index (χ1) is 13.1. The molecular weight excluding hydrogens is 346 g/mol. The summed E-state index contributed by atoms with van der Waals surface area (Å²) < 4.78 is 12.3. The van der Waals surface area contributed by atoms with Gasteiger partial charge in [-0.25, -0.2) is 9.75 Å². The Morgan fingerprint density at radius 3 is 2.33 bits per heavy atom. The van der Waals surface area contributed by atoms with Gasteiger partial charge in [-0.15, -0.1) is 0 Å². The van der Waals surface area contributed by atoms with Gasteiger partial charge in [0, 0.05) is 18.8 Å². The lowest BCUT2D eigenvalue weighted by atomic mass is 10.1. The molecule has 140 valence electrons. The van der Waals surface area contributed by atoms with Crippen LogP contribution >= 0.6 is 0 Å². The topological polar surface area (TPSA) is 65.8 Å². The number of ether oxygens (including phenoxy) is 2. The Hall–Kier alpha value is -3.32. The maximum atomic E-state index is 12.8. The Balaban J connectivity index is 2.15. The molecule has 0 spiro atoms. The van der Waals surface area contributed by atoms with Gasteiger partial charge in [-0.3, -0.25) is 9.63 Å². The summed E-state index contributed by atoms with van der Waals surface area (Å²) in [6.07, 6.45) is 1.69. The second kappa shape index (κ2) is 7.92. The molecule has 1 heterocycles. The highest BCUT2D eigenvalue weighted by atomic mass is 16.7. The van der Waals surface area contributed by atoms with E-state index in [4.69, 9.17) is 14.3 Å². The molecule has 0 radical (unpaired) electrons. The van der Waals surface area contributed by atoms with E-state index in [0.717, 1.165) is 16.3 Å². The molecule has 0 aliphatic carbocycles. The largest absolute Gasteiger partial charge is 0.493 e. The summed E-state index contributed by atoms with van der Waals surface area (Å²) in [6.45, 7) is 0. The molecule has 0 saturated heterocycles. The average Bonchev–Trinajstić information content (AvgIpc) is 3.18. The van der Waals surface area contributed by atoms with Crippen molar-refractivity contribution in [3.63, 3.8) is 0 Å². The SMILES string of the molecule is COc1ccc(-c2nn(-c3ccccc3)cc2C(=O)N(C)OC)cc1OC. The van der Waals surface area contributed by atoms with Crippen LogP contribution in [0, 0.1) is 0 Å². The molecule has 0 unspecified atom stereocenters. The summed E-state index contributed by atoms with van der Waals surface area (Å²) in [5, 5.41) is 5.80. The maximum absolute atomic E-state index is 12.8. The minimum atomic E-state index is -0.301. The Kier molecular flexibility index (Phi) is 5.42. The molecule has 7 heteroatoms. The van der Waals surface area contributed by atoms with E-state index >= 15 is 0 Å². The summed E-state index contributed by atoms with van der Waals surface area (Å²) >= 11 is 0. The number of nitrogens with zero attached hydrogens (tertiary/aromatic N) is 3. The zero-order valence-corrected chi connectivity index (χ0v) is 15.7. The van der Waals surface area contributed by atoms with Gasteiger partial charge < -0.3 is 9.47 Å². The normalized spacial score (nSPS) is 10.5. The molecule has 3 rings (SSSR count). The van der Waals surface area contributed by atoms with Crippen molar-refractivity contribution in [1.29, 1.82) is 0 Å². The van der Waals surface area contributed by atoms with Gasteiger partial charge in [-0.2, -0.15) is 5.10 Å². The van der Waals surface area contributed by atoms with E-state index in [0.29, 0.717) is 22.8 Å². The number of carbonyl (C=O) groups is 1. The van der Waals surface area contributed by atoms with Gasteiger partial charge in [0.15, 0.2) is 11.5 Å². The van der Waals surface area contributed by atoms with Crippen molar-refractivity contribution in [2.24, 2.45) is 0 Å². The molecule has 0 bridgehead atoms. The Morgan fingerprint density at radius 1 is 1.00 bits per heavy atom. The zero-order chi connectivity index (χ0) is 19.4. The first kappa shape index (κ1) is 18.5. The van der Waals surface area contributed by atoms with Crippen molar-refractivity contribution >= 4 is 5.91 Å². The Bertz CT molecular complexity index is 938. The lowest BCUT2D eigenvalue weighted by Gasteiger charge is -2.13. The fourth-order valence-corrected chi connectivity index (χ4v) is 2.69. The monoisotopic (exact) mass is 367 g/mol. The summed E-state index contributed by atoms with van der Waals surface area (Å²) in [7, 11) is 6.13. The van der Waals surface area contributed by atoms with Gasteiger partial charge in [0.1, 0.15) is 5.69 Å². The fraction of sp³-hybridized carbons (Fsp3) is 0.200. The number of benzene rings is 2. The van der Waals surface area contributed by atoms with Crippen LogP contribution in [-0.2, 0) is 4.84 Å². The molecular formula is C20H21N3O4. The van der Waals surface area contributed by atoms with Gasteiger partial charge in [-0.1, -0.05) is 18.2 Å². The Labute approximate surface area is 157 Å². The predicted octanol–water partition coefficient (Wildman–Crippen LogP) is 3.19. The average molecular weight is 367 g/mol. The lowest BCUT2D eigenvalue weighted by Crippen LogP contribution is -2.25. The molecule has 2 aromatic carbocycles. The Morgan fingerprint density at radius 2 is 1.70 bits per heavy atom. The molecule has 27 heavy (non-hydrogen) atoms. The van der Waals surface area contributed by atoms with Crippen molar-refractivity contribution in [2.45, 2.75) is 0 Å². The highest BCUT2D eigenvalue weighted by molar-refractivity contribution is 5.99. The second-order valence-electron chi connectivity index (χ2n) is 5.73. The molecule has 3 aromatic rings. The molecule has 1 aromatic heterocycles. The van der Waals surface area contributed by atoms with E-state index in [2.05, 4.69) is 5.10 Å². The third kappa shape index (κ3) is 3.63. The van der Waals surface area contributed by atoms with Crippen LogP contribution in [0.2, 0.25) is 0 Å². The number of methoxy groups -OCH3 is 2. The summed E-state index contributed by atoms with van der Waals surface area (Å²) in [5.41, 5.74) is 2.51. The van der Waals surface area contributed by atoms with Crippen LogP contribution in [0.1, 0.15) is 10.4 Å². The highest BCUT2D eigenvalue weighted by Crippen LogP contribution is 2.33. The smallest absolute Gasteiger partial charge is 0.281 e. The molecule has 0 saturated carbocycles. The molecule has 0 N–H and O–H groups in total. The number of rotatable bonds is 6. The van der Waals surface area contributed by atoms with Crippen LogP contribution in [0.15, 0.2) is 54.7 Å². The van der Waals surface area contributed by atoms with Crippen LogP contribution in [-0.4, -0.2) is 49.1 Å². The lowest BCUT2D eigenvalue weighted by molar-refractivity contribution is -0.0756. The number of carbonyl (C=O) groups excluding carboxylic acids is 1. The van der Waals surface area contributed by atoms with Crippen LogP contribution < -0.4 is 9.47 Å². The quantitative estimate of drug-likeness (QED) is 0.626. The number of para-hydroxylation sites is 1. The van der Waals surface area contributed by atoms with Crippen molar-refractivity contribution in [2.75, 3.05) is 28.4 Å². The first-order valence-corrected chi connectivity index (χ1v) is 8.28. The summed E-state index contributed by atoms with van der Waals surface area (Å²) in [5.74, 6) is 0.859. The van der Waals surface area contributed by atoms with E-state index in [-0.39, 0.29) is 5.91 Å². The van der Waals surface area contributed by atoms with Crippen LogP contribution in [0.25, 0.3) is 16.9 Å². The van der Waals surface area contributed by atoms with E-state index in [9.17, 15) is 4.79 Å². The fourth-order valence-electron chi connectivity index (χ4n) is 2.69. The van der Waals surface area contributed by atoms with Gasteiger partial charge >= 0.3 is 0 Å². The number of amides is 1. The van der Waals surface area contributed by atoms with Gasteiger partial charge in [0.2, 0.25) is 0 Å². The summed E-state index contributed by atoms with van der Waals surface area (Å²) in [4.78, 5) is 17.8. The molecule has 0 aliphatic heterocycles. The number of hydrogen-bond acceptors (Lipinski definition) is 5. The maximum Gasteiger partial charge on any atom is 0.281 e. The van der Waals surface area contributed by atoms with Gasteiger partial charge in [0.25, 0.3) is 5.91 Å². The first-order valence-electron chi connectivity index (χ1n) is 8.28. The third-order valence-electron chi connectivity index (χ3n) is 4.18. The van der Waals surface area contributed by atoms with Gasteiger partial charge in [-0.05, 0) is 30.3 Å². The minimum absolute atomic E-state index is 0.301. The standard InChI is InChI=1S/C20H21N3O4/c1-22(27-4)20(24)16-13-23(15-8-6-5-7-9-15)21-19(16)14-10-11-17(25-2)18(12-14)26-3/h5-13H,1-4H3. The number of hydroxylamine groups is 2. The van der Waals surface area contributed by atoms with E-state index in [1.54, 1.807) is 44.3 Å². The predicted molar refractivity (Wildman–Crippen MR) is 101 cm³/mol. The van der Waals surface area contributed by atoms with Crippen molar-refractivity contribution < 1.29 is 19.1 Å². The molecule has 0 atom stereocenters. The highest BCUT2D eigenvalue weighted by Gasteiger charge is 2.22. The van der Waals surface area contributed by atoms with Crippen LogP contribution in [0.4, 0.5) is 0 Å². The molecule has 0 fully saturated rings. The van der Waals surface area contributed by atoms with Crippen LogP contribution in [0.5, 0.6) is 11.5 Å². The molecule has 7 nitrogen and oxygen atoms in total. The van der Waals surface area contributed by atoms with E-state index in [1.165, 1.54) is 7.11 Å². The molecule has 1 amide bonds. The second-order valence-corrected chi connectivity index (χ2v) is 5.73. The van der Waals surface area contributed by atoms with E-state index in [1.807, 2.05) is 36.4 Å². The third-order valence-corrected chi connectivity index (χ3v) is 4.18.